The molecule has 4 rings (SSSR count). The van der Waals surface area contributed by atoms with Crippen molar-refractivity contribution < 1.29 is 14.3 Å². The maximum atomic E-state index is 12.8. The van der Waals surface area contributed by atoms with Crippen molar-refractivity contribution in [3.8, 4) is 11.5 Å². The summed E-state index contributed by atoms with van der Waals surface area (Å²) < 4.78 is 11.1. The number of carbonyl (C=O) groups is 1. The molecule has 4 heteroatoms. The molecule has 2 aliphatic rings. The zero-order valence-electron chi connectivity index (χ0n) is 17.0. The number of nitrogens with zero attached hydrogens (tertiary/aromatic N) is 1. The molecule has 0 saturated heterocycles. The van der Waals surface area contributed by atoms with Gasteiger partial charge in [0.05, 0.1) is 13.7 Å². The van der Waals surface area contributed by atoms with Gasteiger partial charge in [-0.15, -0.1) is 0 Å². The van der Waals surface area contributed by atoms with Gasteiger partial charge < -0.3 is 14.4 Å². The van der Waals surface area contributed by atoms with Crippen molar-refractivity contribution in [3.05, 3.63) is 65.7 Å². The molecule has 0 heterocycles. The molecule has 2 aromatic rings. The van der Waals surface area contributed by atoms with E-state index in [0.29, 0.717) is 12.6 Å². The fourth-order valence-electron chi connectivity index (χ4n) is 3.51. The van der Waals surface area contributed by atoms with Crippen LogP contribution in [0, 0.1) is 5.92 Å². The number of benzene rings is 2. The van der Waals surface area contributed by atoms with E-state index in [1.165, 1.54) is 19.3 Å². The molecular formula is C25H29NO3. The highest BCUT2D eigenvalue weighted by Gasteiger charge is 2.31. The molecule has 0 radical (unpaired) electrons. The summed E-state index contributed by atoms with van der Waals surface area (Å²) in [5, 5.41) is 0. The summed E-state index contributed by atoms with van der Waals surface area (Å²) in [5.74, 6) is 2.53. The van der Waals surface area contributed by atoms with Gasteiger partial charge in [0.25, 0.3) is 0 Å². The Morgan fingerprint density at radius 1 is 1.00 bits per heavy atom. The van der Waals surface area contributed by atoms with Crippen LogP contribution in [-0.4, -0.2) is 30.6 Å². The molecule has 0 bridgehead atoms. The van der Waals surface area contributed by atoms with Crippen LogP contribution in [0.1, 0.15) is 43.2 Å². The highest BCUT2D eigenvalue weighted by molar-refractivity contribution is 5.92. The van der Waals surface area contributed by atoms with Crippen LogP contribution < -0.4 is 9.47 Å². The Kier molecular flexibility index (Phi) is 6.18. The highest BCUT2D eigenvalue weighted by Crippen LogP contribution is 2.30. The van der Waals surface area contributed by atoms with Crippen LogP contribution >= 0.6 is 0 Å². The second-order valence-corrected chi connectivity index (χ2v) is 8.06. The lowest BCUT2D eigenvalue weighted by molar-refractivity contribution is -0.127. The molecule has 29 heavy (non-hydrogen) atoms. The standard InChI is InChI=1S/C25H29NO3/c1-28-23-12-5-19(6-13-23)9-16-25(27)26(22-10-11-22)17-20-7-14-24(15-8-20)29-18-21-3-2-4-21/h5-9,12-16,21-22H,2-4,10-11,17-18H2,1H3/b16-9+. The van der Waals surface area contributed by atoms with E-state index in [0.717, 1.165) is 48.0 Å². The topological polar surface area (TPSA) is 38.8 Å². The monoisotopic (exact) mass is 391 g/mol. The van der Waals surface area contributed by atoms with E-state index in [4.69, 9.17) is 9.47 Å². The first-order valence-corrected chi connectivity index (χ1v) is 10.6. The van der Waals surface area contributed by atoms with Crippen LogP contribution in [0.15, 0.2) is 54.6 Å². The Morgan fingerprint density at radius 3 is 2.28 bits per heavy atom. The van der Waals surface area contributed by atoms with Crippen LogP contribution in [0.25, 0.3) is 6.08 Å². The lowest BCUT2D eigenvalue weighted by Crippen LogP contribution is -2.31. The van der Waals surface area contributed by atoms with E-state index >= 15 is 0 Å². The second kappa shape index (κ2) is 9.17. The number of hydrogen-bond donors (Lipinski definition) is 0. The van der Waals surface area contributed by atoms with Crippen molar-refractivity contribution in [2.75, 3.05) is 13.7 Å². The van der Waals surface area contributed by atoms with Crippen LogP contribution in [0.3, 0.4) is 0 Å². The summed E-state index contributed by atoms with van der Waals surface area (Å²) in [6, 6.07) is 16.3. The molecule has 4 nitrogen and oxygen atoms in total. The average Bonchev–Trinajstić information content (AvgIpc) is 3.55. The minimum atomic E-state index is 0.0635. The Labute approximate surface area is 173 Å². The van der Waals surface area contributed by atoms with Gasteiger partial charge in [-0.2, -0.15) is 0 Å². The number of methoxy groups -OCH3 is 1. The van der Waals surface area contributed by atoms with E-state index < -0.39 is 0 Å². The number of carbonyl (C=O) groups excluding carboxylic acids is 1. The van der Waals surface area contributed by atoms with E-state index in [1.807, 2.05) is 47.4 Å². The number of amides is 1. The molecule has 152 valence electrons. The molecule has 0 aliphatic heterocycles. The molecule has 0 unspecified atom stereocenters. The largest absolute Gasteiger partial charge is 0.497 e. The van der Waals surface area contributed by atoms with Gasteiger partial charge in [-0.05, 0) is 73.1 Å². The van der Waals surface area contributed by atoms with E-state index in [9.17, 15) is 4.79 Å². The van der Waals surface area contributed by atoms with Crippen LogP contribution in [-0.2, 0) is 11.3 Å². The maximum Gasteiger partial charge on any atom is 0.247 e. The maximum absolute atomic E-state index is 12.8. The lowest BCUT2D eigenvalue weighted by Gasteiger charge is -2.25. The Balaban J connectivity index is 1.34. The molecule has 2 fully saturated rings. The van der Waals surface area contributed by atoms with Crippen molar-refractivity contribution in [2.45, 2.75) is 44.7 Å². The van der Waals surface area contributed by atoms with Gasteiger partial charge in [-0.3, -0.25) is 4.79 Å². The molecular weight excluding hydrogens is 362 g/mol. The van der Waals surface area contributed by atoms with Crippen molar-refractivity contribution in [3.63, 3.8) is 0 Å². The molecule has 2 aliphatic carbocycles. The fraction of sp³-hybridized carbons (Fsp3) is 0.400. The predicted molar refractivity (Wildman–Crippen MR) is 115 cm³/mol. The van der Waals surface area contributed by atoms with Crippen LogP contribution in [0.5, 0.6) is 11.5 Å². The SMILES string of the molecule is COc1ccc(/C=C/C(=O)N(Cc2ccc(OCC3CCC3)cc2)C2CC2)cc1. The van der Waals surface area contributed by atoms with Crippen LogP contribution in [0.4, 0.5) is 0 Å². The lowest BCUT2D eigenvalue weighted by atomic mass is 9.86. The number of hydrogen-bond acceptors (Lipinski definition) is 3. The zero-order valence-corrected chi connectivity index (χ0v) is 17.0. The summed E-state index contributed by atoms with van der Waals surface area (Å²) in [5.41, 5.74) is 2.13. The van der Waals surface area contributed by atoms with Gasteiger partial charge in [0.15, 0.2) is 0 Å². The third-order valence-corrected chi connectivity index (χ3v) is 5.79. The van der Waals surface area contributed by atoms with Gasteiger partial charge in [-0.25, -0.2) is 0 Å². The fourth-order valence-corrected chi connectivity index (χ4v) is 3.51. The van der Waals surface area contributed by atoms with Crippen LogP contribution in [0.2, 0.25) is 0 Å². The highest BCUT2D eigenvalue weighted by atomic mass is 16.5. The third-order valence-electron chi connectivity index (χ3n) is 5.79. The normalized spacial score (nSPS) is 16.4. The summed E-state index contributed by atoms with van der Waals surface area (Å²) >= 11 is 0. The van der Waals surface area contributed by atoms with Crippen molar-refractivity contribution >= 4 is 12.0 Å². The summed E-state index contributed by atoms with van der Waals surface area (Å²) in [4.78, 5) is 14.8. The van der Waals surface area contributed by atoms with Gasteiger partial charge in [0.2, 0.25) is 5.91 Å². The third kappa shape index (κ3) is 5.41. The van der Waals surface area contributed by atoms with Gasteiger partial charge in [0, 0.05) is 18.7 Å². The molecule has 0 spiro atoms. The summed E-state index contributed by atoms with van der Waals surface area (Å²) in [7, 11) is 1.65. The molecule has 0 N–H and O–H groups in total. The van der Waals surface area contributed by atoms with Crippen molar-refractivity contribution in [2.24, 2.45) is 5.92 Å². The van der Waals surface area contributed by atoms with Gasteiger partial charge >= 0.3 is 0 Å². The molecule has 2 aromatic carbocycles. The predicted octanol–water partition coefficient (Wildman–Crippen LogP) is 5.08. The minimum absolute atomic E-state index is 0.0635. The first-order valence-electron chi connectivity index (χ1n) is 10.6. The van der Waals surface area contributed by atoms with Crippen molar-refractivity contribution in [1.82, 2.24) is 4.90 Å². The molecule has 1 amide bonds. The smallest absolute Gasteiger partial charge is 0.247 e. The zero-order chi connectivity index (χ0) is 20.1. The second-order valence-electron chi connectivity index (χ2n) is 8.06. The summed E-state index contributed by atoms with van der Waals surface area (Å²) in [6.45, 7) is 1.46. The van der Waals surface area contributed by atoms with Gasteiger partial charge in [-0.1, -0.05) is 30.7 Å². The first kappa shape index (κ1) is 19.6. The Bertz CT molecular complexity index is 833. The number of rotatable bonds is 9. The molecule has 0 aromatic heterocycles. The Morgan fingerprint density at radius 2 is 1.69 bits per heavy atom. The van der Waals surface area contributed by atoms with Crippen molar-refractivity contribution in [1.29, 1.82) is 0 Å². The first-order chi connectivity index (χ1) is 14.2. The minimum Gasteiger partial charge on any atom is -0.497 e. The molecule has 2 saturated carbocycles. The average molecular weight is 392 g/mol. The van der Waals surface area contributed by atoms with Gasteiger partial charge in [0.1, 0.15) is 11.5 Å². The van der Waals surface area contributed by atoms with E-state index in [2.05, 4.69) is 12.1 Å². The summed E-state index contributed by atoms with van der Waals surface area (Å²) in [6.07, 6.45) is 9.65. The quantitative estimate of drug-likeness (QED) is 0.560. The molecule has 0 atom stereocenters. The Hall–Kier alpha value is -2.75. The number of ether oxygens (including phenoxy) is 2. The van der Waals surface area contributed by atoms with E-state index in [-0.39, 0.29) is 5.91 Å². The van der Waals surface area contributed by atoms with E-state index in [1.54, 1.807) is 13.2 Å².